The van der Waals surface area contributed by atoms with Crippen LogP contribution in [0.5, 0.6) is 5.75 Å². The minimum Gasteiger partial charge on any atom is -0.494 e. The van der Waals surface area contributed by atoms with Crippen LogP contribution in [0, 0.1) is 5.41 Å². The van der Waals surface area contributed by atoms with Gasteiger partial charge in [0, 0.05) is 11.0 Å². The molecule has 0 bridgehead atoms. The Hall–Kier alpha value is -1.91. The first-order valence-corrected chi connectivity index (χ1v) is 8.61. The van der Waals surface area contributed by atoms with Crippen LogP contribution in [-0.4, -0.2) is 13.2 Å². The molecule has 2 aromatic carbocycles. The third-order valence-electron chi connectivity index (χ3n) is 4.58. The number of ether oxygens (including phenoxy) is 2. The Morgan fingerprint density at radius 3 is 2.60 bits per heavy atom. The van der Waals surface area contributed by atoms with Crippen LogP contribution in [0.15, 0.2) is 30.3 Å². The van der Waals surface area contributed by atoms with Crippen LogP contribution in [0.4, 0.5) is 4.79 Å². The average Bonchev–Trinajstić information content (AvgIpc) is 2.77. The van der Waals surface area contributed by atoms with E-state index in [1.54, 1.807) is 6.07 Å². The third kappa shape index (κ3) is 3.16. The van der Waals surface area contributed by atoms with Gasteiger partial charge in [0.15, 0.2) is 5.75 Å². The first-order chi connectivity index (χ1) is 11.7. The van der Waals surface area contributed by atoms with Gasteiger partial charge in [-0.25, -0.2) is 4.79 Å². The van der Waals surface area contributed by atoms with Gasteiger partial charge in [0.05, 0.1) is 17.2 Å². The van der Waals surface area contributed by atoms with Crippen molar-refractivity contribution >= 4 is 29.3 Å². The van der Waals surface area contributed by atoms with Crippen LogP contribution in [0.2, 0.25) is 10.0 Å². The van der Waals surface area contributed by atoms with E-state index in [2.05, 4.69) is 19.9 Å². The zero-order valence-corrected chi connectivity index (χ0v) is 15.7. The second-order valence-electron chi connectivity index (χ2n) is 6.84. The number of benzene rings is 2. The maximum Gasteiger partial charge on any atom is 0.405 e. The highest BCUT2D eigenvalue weighted by Crippen LogP contribution is 2.49. The van der Waals surface area contributed by atoms with Gasteiger partial charge < -0.3 is 15.2 Å². The highest BCUT2D eigenvalue weighted by Gasteiger charge is 2.41. The molecule has 0 saturated carbocycles. The van der Waals surface area contributed by atoms with Gasteiger partial charge in [-0.3, -0.25) is 0 Å². The molecule has 0 saturated heterocycles. The summed E-state index contributed by atoms with van der Waals surface area (Å²) in [4.78, 5) is 11.2. The van der Waals surface area contributed by atoms with E-state index in [1.807, 2.05) is 18.2 Å². The number of amides is 1. The normalized spacial score (nSPS) is 17.9. The molecule has 1 aliphatic rings. The summed E-state index contributed by atoms with van der Waals surface area (Å²) in [6, 6.07) is 9.61. The molecule has 2 aromatic rings. The third-order valence-corrected chi connectivity index (χ3v) is 5.25. The summed E-state index contributed by atoms with van der Waals surface area (Å²) in [6.07, 6.45) is -0.346. The van der Waals surface area contributed by atoms with Gasteiger partial charge in [-0.15, -0.1) is 0 Å². The lowest BCUT2D eigenvalue weighted by Crippen LogP contribution is -2.25. The van der Waals surface area contributed by atoms with Crippen LogP contribution in [-0.2, 0) is 11.2 Å². The van der Waals surface area contributed by atoms with Crippen molar-refractivity contribution in [2.24, 2.45) is 11.1 Å². The van der Waals surface area contributed by atoms with Crippen molar-refractivity contribution in [2.45, 2.75) is 26.4 Å². The van der Waals surface area contributed by atoms with E-state index in [0.717, 1.165) is 28.7 Å². The summed E-state index contributed by atoms with van der Waals surface area (Å²) in [6.45, 7) is 4.11. The fraction of sp³-hybridized carbons (Fsp3) is 0.316. The molecule has 132 valence electrons. The van der Waals surface area contributed by atoms with E-state index >= 15 is 0 Å². The molecule has 2 N–H and O–H groups in total. The van der Waals surface area contributed by atoms with Crippen molar-refractivity contribution in [1.29, 1.82) is 0 Å². The molecule has 1 aliphatic carbocycles. The quantitative estimate of drug-likeness (QED) is 0.777. The van der Waals surface area contributed by atoms with Crippen LogP contribution in [0.25, 0.3) is 11.1 Å². The van der Waals surface area contributed by atoms with Crippen molar-refractivity contribution in [1.82, 2.24) is 0 Å². The number of nitrogens with two attached hydrogens (primary N) is 1. The second kappa shape index (κ2) is 6.43. The Morgan fingerprint density at radius 1 is 1.24 bits per heavy atom. The van der Waals surface area contributed by atoms with Crippen LogP contribution >= 0.6 is 23.2 Å². The van der Waals surface area contributed by atoms with E-state index in [-0.39, 0.29) is 11.5 Å². The molecular weight excluding hydrogens is 361 g/mol. The largest absolute Gasteiger partial charge is 0.494 e. The highest BCUT2D eigenvalue weighted by molar-refractivity contribution is 6.39. The molecular formula is C19H19Cl2NO3. The van der Waals surface area contributed by atoms with Crippen LogP contribution in [0.3, 0.4) is 0 Å². The van der Waals surface area contributed by atoms with E-state index in [0.29, 0.717) is 15.8 Å². The van der Waals surface area contributed by atoms with Gasteiger partial charge in [0.1, 0.15) is 6.10 Å². The van der Waals surface area contributed by atoms with Crippen molar-refractivity contribution in [3.05, 3.63) is 51.5 Å². The maximum atomic E-state index is 11.2. The molecule has 0 fully saturated rings. The number of halogens is 2. The maximum absolute atomic E-state index is 11.2. The summed E-state index contributed by atoms with van der Waals surface area (Å²) in [5.41, 5.74) is 8.88. The predicted octanol–water partition coefficient (Wildman–Crippen LogP) is 5.39. The summed E-state index contributed by atoms with van der Waals surface area (Å²) in [5, 5.41) is 0.936. The Morgan fingerprint density at radius 2 is 1.96 bits per heavy atom. The van der Waals surface area contributed by atoms with Gasteiger partial charge in [-0.1, -0.05) is 61.3 Å². The molecule has 4 nitrogen and oxygen atoms in total. The lowest BCUT2D eigenvalue weighted by atomic mass is 9.87. The number of fused-ring (bicyclic) bond motifs is 1. The number of rotatable bonds is 3. The van der Waals surface area contributed by atoms with Crippen molar-refractivity contribution < 1.29 is 14.3 Å². The minimum atomic E-state index is -0.763. The number of carbonyl (C=O) groups is 1. The second-order valence-corrected chi connectivity index (χ2v) is 7.62. The monoisotopic (exact) mass is 379 g/mol. The van der Waals surface area contributed by atoms with Gasteiger partial charge in [-0.05, 0) is 29.2 Å². The van der Waals surface area contributed by atoms with E-state index in [4.69, 9.17) is 38.4 Å². The van der Waals surface area contributed by atoms with Gasteiger partial charge >= 0.3 is 6.09 Å². The lowest BCUT2D eigenvalue weighted by molar-refractivity contribution is 0.0392. The molecule has 3 rings (SSSR count). The molecule has 0 aromatic heterocycles. The Labute approximate surface area is 156 Å². The Balaban J connectivity index is 2.06. The number of methoxy groups -OCH3 is 1. The molecule has 0 heterocycles. The Kier molecular flexibility index (Phi) is 4.60. The van der Waals surface area contributed by atoms with Crippen molar-refractivity contribution in [3.63, 3.8) is 0 Å². The van der Waals surface area contributed by atoms with Gasteiger partial charge in [0.2, 0.25) is 0 Å². The van der Waals surface area contributed by atoms with Crippen molar-refractivity contribution in [3.8, 4) is 16.9 Å². The molecule has 0 radical (unpaired) electrons. The molecule has 1 amide bonds. The molecule has 0 aliphatic heterocycles. The van der Waals surface area contributed by atoms with E-state index in [1.165, 1.54) is 7.11 Å². The standard InChI is InChI=1S/C19H19Cl2NO3/c1-19(2)9-11-8-10(4-5-13(11)17(19)25-18(22)23)12-6-7-14(20)16(24-3)15(12)21/h4-8,17H,9H2,1-3H3,(H2,22,23). The van der Waals surface area contributed by atoms with E-state index in [9.17, 15) is 4.79 Å². The zero-order valence-electron chi connectivity index (χ0n) is 14.2. The summed E-state index contributed by atoms with van der Waals surface area (Å²) >= 11 is 12.6. The van der Waals surface area contributed by atoms with Crippen molar-refractivity contribution in [2.75, 3.05) is 7.11 Å². The molecule has 1 unspecified atom stereocenters. The van der Waals surface area contributed by atoms with Crippen LogP contribution < -0.4 is 10.5 Å². The fourth-order valence-electron chi connectivity index (χ4n) is 3.47. The summed E-state index contributed by atoms with van der Waals surface area (Å²) in [7, 11) is 1.54. The topological polar surface area (TPSA) is 61.6 Å². The number of hydrogen-bond donors (Lipinski definition) is 1. The molecule has 25 heavy (non-hydrogen) atoms. The molecule has 6 heteroatoms. The zero-order chi connectivity index (χ0) is 18.4. The average molecular weight is 380 g/mol. The van der Waals surface area contributed by atoms with Gasteiger partial charge in [-0.2, -0.15) is 0 Å². The van der Waals surface area contributed by atoms with Crippen LogP contribution in [0.1, 0.15) is 31.1 Å². The lowest BCUT2D eigenvalue weighted by Gasteiger charge is -2.26. The Bertz CT molecular complexity index is 849. The summed E-state index contributed by atoms with van der Waals surface area (Å²) < 4.78 is 10.6. The van der Waals surface area contributed by atoms with E-state index < -0.39 is 6.09 Å². The molecule has 1 atom stereocenters. The fourth-order valence-corrected chi connectivity index (χ4v) is 4.10. The first-order valence-electron chi connectivity index (χ1n) is 7.86. The number of carbonyl (C=O) groups excluding carboxylic acids is 1. The van der Waals surface area contributed by atoms with Gasteiger partial charge in [0.25, 0.3) is 0 Å². The smallest absolute Gasteiger partial charge is 0.405 e. The minimum absolute atomic E-state index is 0.225. The molecule has 0 spiro atoms. The first kappa shape index (κ1) is 17.9. The number of primary amides is 1. The predicted molar refractivity (Wildman–Crippen MR) is 99.3 cm³/mol. The highest BCUT2D eigenvalue weighted by atomic mass is 35.5. The SMILES string of the molecule is COc1c(Cl)ccc(-c2ccc3c(c2)CC(C)(C)C3OC(N)=O)c1Cl. The number of hydrogen-bond acceptors (Lipinski definition) is 3. The summed E-state index contributed by atoms with van der Waals surface area (Å²) in [5.74, 6) is 0.455.